The lowest BCUT2D eigenvalue weighted by Gasteiger charge is -2.14. The SMILES string of the molecule is [3H]C(OP(=O)(O)O)[C@H]1O[C@@H](CO)[C@@H](O)[C@@H]1O. The van der Waals surface area contributed by atoms with E-state index in [1.807, 2.05) is 0 Å². The molecular weight excluding hydrogens is 231 g/mol. The molecule has 0 aromatic rings. The lowest BCUT2D eigenvalue weighted by Crippen LogP contribution is -2.35. The van der Waals surface area contributed by atoms with Crippen molar-refractivity contribution in [2.75, 3.05) is 13.2 Å². The van der Waals surface area contributed by atoms with Crippen molar-refractivity contribution in [3.63, 3.8) is 0 Å². The second-order valence-electron chi connectivity index (χ2n) is 3.03. The molecule has 1 aliphatic heterocycles. The number of ether oxygens (including phenoxy) is 1. The van der Waals surface area contributed by atoms with Crippen molar-refractivity contribution in [2.45, 2.75) is 24.4 Å². The number of aliphatic hydroxyl groups excluding tert-OH is 3. The van der Waals surface area contributed by atoms with E-state index < -0.39 is 45.4 Å². The third-order valence-electron chi connectivity index (χ3n) is 1.91. The molecule has 5 N–H and O–H groups in total. The standard InChI is InChI=1S/C6H13O8P/c7-1-3-5(8)6(9)4(14-3)2-13-15(10,11)12/h3-9H,1-2H2,(H2,10,11,12)/t3-,4+,5+,6+/m0/s1/i2T/t2?,3-,4+,5+,6+. The molecule has 0 aliphatic carbocycles. The molecule has 1 unspecified atom stereocenters. The summed E-state index contributed by atoms with van der Waals surface area (Å²) in [6, 6.07) is 0. The Labute approximate surface area is 86.7 Å². The summed E-state index contributed by atoms with van der Waals surface area (Å²) in [5.74, 6) is 0. The van der Waals surface area contributed by atoms with E-state index in [1.54, 1.807) is 0 Å². The van der Waals surface area contributed by atoms with Crippen molar-refractivity contribution in [2.24, 2.45) is 0 Å². The molecule has 1 saturated heterocycles. The highest BCUT2D eigenvalue weighted by Crippen LogP contribution is 2.37. The van der Waals surface area contributed by atoms with Gasteiger partial charge in [0, 0.05) is 0 Å². The van der Waals surface area contributed by atoms with Crippen LogP contribution in [0, 0.1) is 0 Å². The molecule has 0 spiro atoms. The van der Waals surface area contributed by atoms with E-state index in [2.05, 4.69) is 4.52 Å². The summed E-state index contributed by atoms with van der Waals surface area (Å²) in [5, 5.41) is 27.4. The molecule has 90 valence electrons. The summed E-state index contributed by atoms with van der Waals surface area (Å²) in [5.41, 5.74) is 0. The van der Waals surface area contributed by atoms with Gasteiger partial charge in [-0.1, -0.05) is 0 Å². The summed E-state index contributed by atoms with van der Waals surface area (Å²) >= 11 is 0. The predicted octanol–water partition coefficient (Wildman–Crippen LogP) is -2.42. The van der Waals surface area contributed by atoms with Crippen molar-refractivity contribution in [1.82, 2.24) is 0 Å². The predicted molar refractivity (Wildman–Crippen MR) is 45.8 cm³/mol. The quantitative estimate of drug-likeness (QED) is 0.345. The highest BCUT2D eigenvalue weighted by Gasteiger charge is 2.43. The highest BCUT2D eigenvalue weighted by atomic mass is 31.2. The molecule has 1 fully saturated rings. The number of phosphoric acid groups is 1. The van der Waals surface area contributed by atoms with E-state index >= 15 is 0 Å². The van der Waals surface area contributed by atoms with Crippen molar-refractivity contribution in [3.8, 4) is 0 Å². The van der Waals surface area contributed by atoms with Crippen molar-refractivity contribution in [1.29, 1.82) is 0 Å². The van der Waals surface area contributed by atoms with E-state index in [9.17, 15) is 14.8 Å². The molecule has 5 atom stereocenters. The van der Waals surface area contributed by atoms with Crippen LogP contribution >= 0.6 is 7.82 Å². The Bertz CT molecular complexity index is 282. The van der Waals surface area contributed by atoms with E-state index in [0.717, 1.165) is 0 Å². The van der Waals surface area contributed by atoms with Crippen LogP contribution in [0.25, 0.3) is 0 Å². The molecule has 0 amide bonds. The van der Waals surface area contributed by atoms with Crippen LogP contribution in [-0.2, 0) is 13.8 Å². The van der Waals surface area contributed by atoms with Gasteiger partial charge in [0.1, 0.15) is 24.4 Å². The maximum Gasteiger partial charge on any atom is 0.469 e. The van der Waals surface area contributed by atoms with Crippen molar-refractivity contribution in [3.05, 3.63) is 0 Å². The number of hydrogen-bond acceptors (Lipinski definition) is 6. The van der Waals surface area contributed by atoms with Gasteiger partial charge in [-0.15, -0.1) is 0 Å². The average molecular weight is 246 g/mol. The zero-order chi connectivity index (χ0) is 12.5. The van der Waals surface area contributed by atoms with Crippen LogP contribution in [0.1, 0.15) is 1.37 Å². The Morgan fingerprint density at radius 1 is 1.33 bits per heavy atom. The van der Waals surface area contributed by atoms with Gasteiger partial charge in [-0.2, -0.15) is 0 Å². The molecule has 0 saturated carbocycles. The Morgan fingerprint density at radius 3 is 2.27 bits per heavy atom. The molecule has 0 aromatic heterocycles. The van der Waals surface area contributed by atoms with Crippen LogP contribution < -0.4 is 0 Å². The van der Waals surface area contributed by atoms with Gasteiger partial charge in [0.15, 0.2) is 0 Å². The fourth-order valence-electron chi connectivity index (χ4n) is 1.18. The second kappa shape index (κ2) is 4.86. The van der Waals surface area contributed by atoms with E-state index in [1.165, 1.54) is 0 Å². The van der Waals surface area contributed by atoms with Gasteiger partial charge in [0.25, 0.3) is 0 Å². The summed E-state index contributed by atoms with van der Waals surface area (Å²) in [4.78, 5) is 16.9. The monoisotopic (exact) mass is 246 g/mol. The third-order valence-corrected chi connectivity index (χ3v) is 2.31. The first-order chi connectivity index (χ1) is 7.26. The van der Waals surface area contributed by atoms with Crippen LogP contribution in [0.3, 0.4) is 0 Å². The van der Waals surface area contributed by atoms with Crippen molar-refractivity contribution >= 4 is 7.82 Å². The average Bonchev–Trinajstić information content (AvgIpc) is 2.41. The number of phosphoric ester groups is 1. The van der Waals surface area contributed by atoms with Gasteiger partial charge in [-0.25, -0.2) is 4.57 Å². The summed E-state index contributed by atoms with van der Waals surface area (Å²) < 4.78 is 26.5. The van der Waals surface area contributed by atoms with Gasteiger partial charge in [0.2, 0.25) is 0 Å². The molecule has 15 heavy (non-hydrogen) atoms. The zero-order valence-corrected chi connectivity index (χ0v) is 8.40. The molecular formula is C6H13O8P. The summed E-state index contributed by atoms with van der Waals surface area (Å²) in [6.07, 6.45) is -5.51. The second-order valence-corrected chi connectivity index (χ2v) is 4.23. The van der Waals surface area contributed by atoms with Crippen LogP contribution in [0.15, 0.2) is 0 Å². The molecule has 1 rings (SSSR count). The Hall–Kier alpha value is -0.0500. The highest BCUT2D eigenvalue weighted by molar-refractivity contribution is 7.46. The smallest absolute Gasteiger partial charge is 0.394 e. The van der Waals surface area contributed by atoms with Crippen LogP contribution in [0.4, 0.5) is 0 Å². The lowest BCUT2D eigenvalue weighted by molar-refractivity contribution is -0.0388. The largest absolute Gasteiger partial charge is 0.469 e. The fourth-order valence-corrected chi connectivity index (χ4v) is 1.46. The Kier molecular flexibility index (Phi) is 3.70. The zero-order valence-electron chi connectivity index (χ0n) is 8.50. The minimum absolute atomic E-state index is 0.586. The van der Waals surface area contributed by atoms with Gasteiger partial charge in [-0.3, -0.25) is 4.52 Å². The van der Waals surface area contributed by atoms with Gasteiger partial charge >= 0.3 is 7.82 Å². The van der Waals surface area contributed by atoms with E-state index in [4.69, 9.17) is 21.0 Å². The van der Waals surface area contributed by atoms with Gasteiger partial charge in [0.05, 0.1) is 14.6 Å². The fraction of sp³-hybridized carbons (Fsp3) is 1.00. The maximum absolute atomic E-state index is 10.4. The maximum atomic E-state index is 10.4. The molecule has 9 heteroatoms. The number of rotatable bonds is 4. The summed E-state index contributed by atoms with van der Waals surface area (Å²) in [7, 11) is -4.87. The normalized spacial score (nSPS) is 40.2. The molecule has 1 aliphatic rings. The molecule has 8 nitrogen and oxygen atoms in total. The van der Waals surface area contributed by atoms with Crippen LogP contribution in [-0.4, -0.2) is 62.7 Å². The summed E-state index contributed by atoms with van der Waals surface area (Å²) in [6.45, 7) is -2.45. The van der Waals surface area contributed by atoms with Crippen molar-refractivity contribution < 1.29 is 40.3 Å². The van der Waals surface area contributed by atoms with E-state index in [0.29, 0.717) is 0 Å². The van der Waals surface area contributed by atoms with Crippen LogP contribution in [0.2, 0.25) is 0 Å². The third kappa shape index (κ3) is 3.47. The first-order valence-corrected chi connectivity index (χ1v) is 5.58. The first-order valence-electron chi connectivity index (χ1n) is 4.62. The first kappa shape index (κ1) is 11.4. The lowest BCUT2D eigenvalue weighted by atomic mass is 10.1. The number of aliphatic hydroxyl groups is 3. The Morgan fingerprint density at radius 2 is 1.87 bits per heavy atom. The molecule has 0 radical (unpaired) electrons. The van der Waals surface area contributed by atoms with Gasteiger partial charge in [-0.05, 0) is 0 Å². The Balaban J connectivity index is 2.64. The van der Waals surface area contributed by atoms with Gasteiger partial charge < -0.3 is 29.8 Å². The molecule has 1 heterocycles. The van der Waals surface area contributed by atoms with Crippen LogP contribution in [0.5, 0.6) is 0 Å². The molecule has 0 aromatic carbocycles. The molecule has 0 bridgehead atoms. The van der Waals surface area contributed by atoms with E-state index in [-0.39, 0.29) is 0 Å². The minimum Gasteiger partial charge on any atom is -0.394 e. The topological polar surface area (TPSA) is 137 Å². The number of hydrogen-bond donors (Lipinski definition) is 5. The minimum atomic E-state index is -4.87.